The van der Waals surface area contributed by atoms with Gasteiger partial charge in [-0.2, -0.15) is 0 Å². The molecule has 20 heteroatoms. The molecule has 2 fully saturated rings. The van der Waals surface area contributed by atoms with E-state index in [0.717, 1.165) is 51.4 Å². The van der Waals surface area contributed by atoms with E-state index < -0.39 is 17.8 Å². The van der Waals surface area contributed by atoms with Gasteiger partial charge in [-0.1, -0.05) is 10.3 Å². The number of aromatic nitrogens is 8. The van der Waals surface area contributed by atoms with Crippen molar-refractivity contribution in [3.05, 3.63) is 71.2 Å². The van der Waals surface area contributed by atoms with E-state index >= 15 is 0 Å². The number of carboxylic acid groups (broad SMARTS) is 1. The van der Waals surface area contributed by atoms with Gasteiger partial charge in [0.1, 0.15) is 47.1 Å². The number of alkyl halides is 4. The van der Waals surface area contributed by atoms with E-state index in [1.807, 2.05) is 23.2 Å². The molecular formula is C39H43F4N11O5. The highest BCUT2D eigenvalue weighted by atomic mass is 19.3. The van der Waals surface area contributed by atoms with Crippen molar-refractivity contribution in [1.82, 2.24) is 40.2 Å². The molecule has 2 aliphatic carbocycles. The minimum absolute atomic E-state index is 0.0194. The summed E-state index contributed by atoms with van der Waals surface area (Å²) in [5.41, 5.74) is 8.48. The number of aromatic amines is 2. The summed E-state index contributed by atoms with van der Waals surface area (Å²) in [5, 5.41) is 18.7. The summed E-state index contributed by atoms with van der Waals surface area (Å²) in [7, 11) is 0. The first-order valence-electron chi connectivity index (χ1n) is 19.6. The van der Waals surface area contributed by atoms with Crippen molar-refractivity contribution in [3.8, 4) is 0 Å². The van der Waals surface area contributed by atoms with E-state index in [1.165, 1.54) is 12.7 Å². The maximum atomic E-state index is 12.9. The van der Waals surface area contributed by atoms with Crippen LogP contribution in [0.25, 0.3) is 22.1 Å². The van der Waals surface area contributed by atoms with Gasteiger partial charge in [-0.25, -0.2) is 42.3 Å². The number of ketones is 1. The Morgan fingerprint density at radius 2 is 1.25 bits per heavy atom. The topological polar surface area (TPSA) is 222 Å². The summed E-state index contributed by atoms with van der Waals surface area (Å²) < 4.78 is 60.5. The molecule has 0 radical (unpaired) electrons. The lowest BCUT2D eigenvalue weighted by Gasteiger charge is -2.34. The third kappa shape index (κ3) is 8.62. The number of carbonyl (C=O) groups is 2. The fourth-order valence-electron chi connectivity index (χ4n) is 8.27. The number of aromatic carboxylic acids is 1. The highest BCUT2D eigenvalue weighted by Gasteiger charge is 2.45. The molecule has 0 atom stereocenters. The Bertz CT molecular complexity index is 2430. The molecule has 2 saturated carbocycles. The summed E-state index contributed by atoms with van der Waals surface area (Å²) >= 11 is 0. The molecule has 8 heterocycles. The number of carbonyl (C=O) groups excluding carboxylic acids is 1. The Labute approximate surface area is 333 Å². The van der Waals surface area contributed by atoms with Gasteiger partial charge in [-0.15, -0.1) is 0 Å². The molecule has 312 valence electrons. The highest BCUT2D eigenvalue weighted by Crippen LogP contribution is 2.45. The van der Waals surface area contributed by atoms with Crippen LogP contribution in [0.4, 0.5) is 29.2 Å². The average Bonchev–Trinajstić information content (AvgIpc) is 4.02. The third-order valence-corrected chi connectivity index (χ3v) is 11.3. The second-order valence-electron chi connectivity index (χ2n) is 15.5. The van der Waals surface area contributed by atoms with Crippen LogP contribution in [0, 0.1) is 11.8 Å². The van der Waals surface area contributed by atoms with Crippen LogP contribution in [-0.4, -0.2) is 88.6 Å². The van der Waals surface area contributed by atoms with Crippen LogP contribution >= 0.6 is 0 Å². The molecule has 4 aliphatic rings. The quantitative estimate of drug-likeness (QED) is 0.0857. The molecule has 0 spiro atoms. The smallest absolute Gasteiger partial charge is 0.358 e. The molecule has 5 N–H and O–H groups in total. The zero-order valence-corrected chi connectivity index (χ0v) is 32.0. The van der Waals surface area contributed by atoms with Crippen LogP contribution in [-0.2, 0) is 25.9 Å². The van der Waals surface area contributed by atoms with Crippen LogP contribution in [0.3, 0.4) is 0 Å². The summed E-state index contributed by atoms with van der Waals surface area (Å²) in [6.07, 6.45) is 10.2. The van der Waals surface area contributed by atoms with Gasteiger partial charge < -0.3 is 39.7 Å². The van der Waals surface area contributed by atoms with Crippen LogP contribution in [0.15, 0.2) is 46.2 Å². The van der Waals surface area contributed by atoms with Crippen LogP contribution in [0.2, 0.25) is 0 Å². The Morgan fingerprint density at radius 1 is 0.763 bits per heavy atom. The second-order valence-corrected chi connectivity index (χ2v) is 15.5. The lowest BCUT2D eigenvalue weighted by molar-refractivity contribution is -0.112. The van der Waals surface area contributed by atoms with Crippen molar-refractivity contribution >= 4 is 45.5 Å². The average molecular weight is 822 g/mol. The molecule has 59 heavy (non-hydrogen) atoms. The van der Waals surface area contributed by atoms with Crippen molar-refractivity contribution in [2.45, 2.75) is 89.1 Å². The Balaban J connectivity index is 0.000000140. The van der Waals surface area contributed by atoms with Crippen molar-refractivity contribution in [2.24, 2.45) is 17.6 Å². The second kappa shape index (κ2) is 16.4. The molecule has 0 amide bonds. The summed E-state index contributed by atoms with van der Waals surface area (Å²) in [6, 6.07) is 3.84. The number of nitrogens with zero attached hydrogens (tertiary/aromatic N) is 8. The van der Waals surface area contributed by atoms with Gasteiger partial charge in [0.2, 0.25) is 11.8 Å². The van der Waals surface area contributed by atoms with Gasteiger partial charge in [-0.3, -0.25) is 4.79 Å². The Hall–Kier alpha value is -5.92. The lowest BCUT2D eigenvalue weighted by Crippen LogP contribution is -2.36. The number of hydrogen-bond donors (Lipinski definition) is 4. The maximum Gasteiger partial charge on any atom is 0.358 e. The molecule has 10 rings (SSSR count). The van der Waals surface area contributed by atoms with E-state index in [2.05, 4.69) is 45.1 Å². The largest absolute Gasteiger partial charge is 0.476 e. The van der Waals surface area contributed by atoms with Crippen molar-refractivity contribution in [1.29, 1.82) is 0 Å². The van der Waals surface area contributed by atoms with Crippen molar-refractivity contribution in [2.75, 3.05) is 29.4 Å². The fourth-order valence-corrected chi connectivity index (χ4v) is 8.27. The number of hydrogen-bond acceptors (Lipinski definition) is 13. The molecule has 16 nitrogen and oxygen atoms in total. The summed E-state index contributed by atoms with van der Waals surface area (Å²) in [4.78, 5) is 51.2. The number of carboxylic acids is 1. The van der Waals surface area contributed by atoms with Gasteiger partial charge in [0.05, 0.1) is 23.9 Å². The number of H-pyrrole nitrogens is 2. The SMILES string of the molecule is NCCC1CC(F)(F)C1.O=C(CCCC1CC(F)(F)C1)c1noc2c1CN(c1ncnc3[nH]ccc13)CC2.O=C(O)c1noc2c1CN(c1ncnc3[nH]ccc13)CC2. The predicted octanol–water partition coefficient (Wildman–Crippen LogP) is 6.49. The lowest BCUT2D eigenvalue weighted by atomic mass is 9.78. The third-order valence-electron chi connectivity index (χ3n) is 11.3. The van der Waals surface area contributed by atoms with Gasteiger partial charge in [-0.05, 0) is 49.8 Å². The molecule has 0 unspecified atom stereocenters. The van der Waals surface area contributed by atoms with Crippen LogP contribution in [0.1, 0.15) is 95.0 Å². The monoisotopic (exact) mass is 821 g/mol. The molecule has 0 bridgehead atoms. The van der Waals surface area contributed by atoms with Gasteiger partial charge >= 0.3 is 5.97 Å². The maximum absolute atomic E-state index is 12.9. The number of Topliss-reactive ketones (excluding diaryl/α,β-unsaturated/α-hetero) is 1. The predicted molar refractivity (Wildman–Crippen MR) is 204 cm³/mol. The minimum atomic E-state index is -2.50. The molecule has 6 aromatic heterocycles. The minimum Gasteiger partial charge on any atom is -0.476 e. The Kier molecular flexibility index (Phi) is 11.1. The zero-order chi connectivity index (χ0) is 41.3. The first-order chi connectivity index (χ1) is 28.4. The van der Waals surface area contributed by atoms with E-state index in [1.54, 1.807) is 6.20 Å². The number of rotatable bonds is 10. The number of nitrogens with one attached hydrogen (secondary N) is 2. The van der Waals surface area contributed by atoms with Crippen LogP contribution < -0.4 is 15.5 Å². The molecule has 0 aromatic carbocycles. The standard InChI is InChI=1S/C20H21F2N5O2.C13H11N5O3.C6H11F2N/c21-20(22)8-12(9-20)2-1-3-15(28)17-14-10-27(7-5-16(14)29-26-17)19-13-4-6-23-18(13)24-11-25-19;19-13(20)10-8-5-18(4-2-9(8)21-17-10)12-7-1-3-14-11(7)15-6-16-12;7-6(8)3-5(4-6)1-2-9/h4,6,11-12H,1-3,5,7-10H2,(H,23,24,25);1,3,6H,2,4-5H2,(H,19,20)(H,14,15,16);5H,1-4,9H2. The summed E-state index contributed by atoms with van der Waals surface area (Å²) in [6.45, 7) is 2.85. The number of anilines is 2. The summed E-state index contributed by atoms with van der Waals surface area (Å²) in [5.74, 6) is -2.82. The molecular weight excluding hydrogens is 778 g/mol. The van der Waals surface area contributed by atoms with Gasteiger partial charge in [0.25, 0.3) is 0 Å². The zero-order valence-electron chi connectivity index (χ0n) is 32.0. The molecule has 6 aromatic rings. The van der Waals surface area contributed by atoms with E-state index in [9.17, 15) is 27.2 Å². The molecule has 0 saturated heterocycles. The molecule has 2 aliphatic heterocycles. The van der Waals surface area contributed by atoms with E-state index in [-0.39, 0.29) is 49.0 Å². The highest BCUT2D eigenvalue weighted by molar-refractivity contribution is 5.96. The van der Waals surface area contributed by atoms with Gasteiger partial charge in [0, 0.05) is 81.6 Å². The normalized spacial score (nSPS) is 18.2. The van der Waals surface area contributed by atoms with Crippen molar-refractivity contribution < 1.29 is 41.3 Å². The fraction of sp³-hybridized carbons (Fsp3) is 0.487. The van der Waals surface area contributed by atoms with E-state index in [4.69, 9.17) is 19.9 Å². The number of halogens is 4. The van der Waals surface area contributed by atoms with Gasteiger partial charge in [0.15, 0.2) is 17.2 Å². The first kappa shape index (κ1) is 39.9. The number of nitrogens with two attached hydrogens (primary N) is 1. The van der Waals surface area contributed by atoms with E-state index in [0.29, 0.717) is 81.8 Å². The van der Waals surface area contributed by atoms with Crippen molar-refractivity contribution in [3.63, 3.8) is 0 Å². The first-order valence-corrected chi connectivity index (χ1v) is 19.6. The number of fused-ring (bicyclic) bond motifs is 4. The Morgan fingerprint density at radius 3 is 1.75 bits per heavy atom. The van der Waals surface area contributed by atoms with Crippen LogP contribution in [0.5, 0.6) is 0 Å².